The van der Waals surface area contributed by atoms with E-state index in [0.717, 1.165) is 34.3 Å². The molecule has 0 amide bonds. The van der Waals surface area contributed by atoms with Crippen LogP contribution in [0.25, 0.3) is 16.7 Å². The number of nitrogens with zero attached hydrogens (tertiary/aromatic N) is 2. The van der Waals surface area contributed by atoms with E-state index in [2.05, 4.69) is 11.1 Å². The molecule has 3 aromatic rings. The van der Waals surface area contributed by atoms with E-state index >= 15 is 0 Å². The van der Waals surface area contributed by atoms with Gasteiger partial charge in [0.2, 0.25) is 0 Å². The highest BCUT2D eigenvalue weighted by Crippen LogP contribution is 2.28. The van der Waals surface area contributed by atoms with Crippen molar-refractivity contribution in [1.29, 1.82) is 5.26 Å². The topological polar surface area (TPSA) is 61.1 Å². The van der Waals surface area contributed by atoms with E-state index in [9.17, 15) is 10.1 Å². The molecule has 0 saturated heterocycles. The Morgan fingerprint density at radius 2 is 2.15 bits per heavy atom. The van der Waals surface area contributed by atoms with Gasteiger partial charge in [0.05, 0.1) is 16.6 Å². The first-order chi connectivity index (χ1) is 9.81. The summed E-state index contributed by atoms with van der Waals surface area (Å²) >= 11 is 1.75. The molecule has 0 radical (unpaired) electrons. The number of imidazole rings is 1. The van der Waals surface area contributed by atoms with Crippen LogP contribution in [-0.4, -0.2) is 15.1 Å². The molecule has 2 aromatic heterocycles. The number of nitriles is 1. The van der Waals surface area contributed by atoms with Gasteiger partial charge in [-0.15, -0.1) is 0 Å². The van der Waals surface area contributed by atoms with Gasteiger partial charge in [0.1, 0.15) is 11.7 Å². The Balaban J connectivity index is 2.30. The number of pyridine rings is 1. The average molecular weight is 281 g/mol. The number of H-pyrrole nitrogens is 1. The van der Waals surface area contributed by atoms with Crippen molar-refractivity contribution in [1.82, 2.24) is 9.38 Å². The van der Waals surface area contributed by atoms with Crippen LogP contribution in [-0.2, 0) is 12.2 Å². The van der Waals surface area contributed by atoms with E-state index in [1.165, 1.54) is 0 Å². The Bertz CT molecular complexity index is 946. The minimum atomic E-state index is 0.0126. The Morgan fingerprint density at radius 1 is 1.30 bits per heavy atom. The summed E-state index contributed by atoms with van der Waals surface area (Å²) in [7, 11) is 0. The predicted octanol–water partition coefficient (Wildman–Crippen LogP) is 2.44. The minimum absolute atomic E-state index is 0.0126. The number of thioether (sulfide) groups is 1. The lowest BCUT2D eigenvalue weighted by Gasteiger charge is -2.16. The fourth-order valence-corrected chi connectivity index (χ4v) is 3.91. The van der Waals surface area contributed by atoms with E-state index < -0.39 is 0 Å². The molecule has 1 aliphatic heterocycles. The third kappa shape index (κ3) is 1.40. The van der Waals surface area contributed by atoms with Crippen LogP contribution < -0.4 is 5.56 Å². The minimum Gasteiger partial charge on any atom is -0.338 e. The van der Waals surface area contributed by atoms with Gasteiger partial charge in [-0.3, -0.25) is 9.20 Å². The monoisotopic (exact) mass is 281 g/mol. The normalized spacial score (nSPS) is 14.3. The predicted molar refractivity (Wildman–Crippen MR) is 80.1 cm³/mol. The molecule has 0 saturated carbocycles. The number of aromatic amines is 1. The SMILES string of the molecule is N#Cc1c2c(c(=O)n3c1[nH]c1ccccc13)CSCC2. The van der Waals surface area contributed by atoms with Crippen molar-refractivity contribution >= 4 is 28.4 Å². The van der Waals surface area contributed by atoms with E-state index in [4.69, 9.17) is 0 Å². The van der Waals surface area contributed by atoms with Gasteiger partial charge in [0.25, 0.3) is 5.56 Å². The van der Waals surface area contributed by atoms with E-state index in [1.807, 2.05) is 24.3 Å². The number of para-hydroxylation sites is 2. The molecule has 0 fully saturated rings. The standard InChI is InChI=1S/C15H11N3OS/c16-7-10-9-5-6-20-8-11(9)15(19)18-13-4-2-1-3-12(13)17-14(10)18/h1-4,17H,5-6,8H2. The lowest BCUT2D eigenvalue weighted by Crippen LogP contribution is -2.23. The van der Waals surface area contributed by atoms with Crippen LogP contribution >= 0.6 is 11.8 Å². The molecule has 0 spiro atoms. The molecule has 0 atom stereocenters. The van der Waals surface area contributed by atoms with Crippen LogP contribution in [0.15, 0.2) is 29.1 Å². The summed E-state index contributed by atoms with van der Waals surface area (Å²) in [6, 6.07) is 9.95. The summed E-state index contributed by atoms with van der Waals surface area (Å²) in [5.74, 6) is 1.67. The molecule has 1 N–H and O–H groups in total. The second kappa shape index (κ2) is 4.15. The van der Waals surface area contributed by atoms with Crippen molar-refractivity contribution in [2.24, 2.45) is 0 Å². The third-order valence-electron chi connectivity index (χ3n) is 3.84. The first-order valence-electron chi connectivity index (χ1n) is 6.46. The van der Waals surface area contributed by atoms with Gasteiger partial charge in [-0.2, -0.15) is 17.0 Å². The number of aromatic nitrogens is 2. The molecule has 0 aliphatic carbocycles. The largest absolute Gasteiger partial charge is 0.338 e. The Kier molecular flexibility index (Phi) is 2.41. The number of fused-ring (bicyclic) bond motifs is 4. The van der Waals surface area contributed by atoms with E-state index in [-0.39, 0.29) is 5.56 Å². The summed E-state index contributed by atoms with van der Waals surface area (Å²) in [5, 5.41) is 9.52. The first kappa shape index (κ1) is 11.6. The molecular weight excluding hydrogens is 270 g/mol. The van der Waals surface area contributed by atoms with Gasteiger partial charge < -0.3 is 4.98 Å². The molecule has 1 aliphatic rings. The van der Waals surface area contributed by atoms with Gasteiger partial charge in [0.15, 0.2) is 0 Å². The lowest BCUT2D eigenvalue weighted by atomic mass is 10.0. The van der Waals surface area contributed by atoms with Crippen molar-refractivity contribution < 1.29 is 0 Å². The highest BCUT2D eigenvalue weighted by atomic mass is 32.2. The quantitative estimate of drug-likeness (QED) is 0.688. The lowest BCUT2D eigenvalue weighted by molar-refractivity contribution is 1.00. The molecule has 0 unspecified atom stereocenters. The molecule has 4 nitrogen and oxygen atoms in total. The fraction of sp³-hybridized carbons (Fsp3) is 0.200. The molecule has 5 heteroatoms. The maximum absolute atomic E-state index is 12.7. The van der Waals surface area contributed by atoms with Gasteiger partial charge in [-0.1, -0.05) is 12.1 Å². The zero-order chi connectivity index (χ0) is 13.7. The molecule has 20 heavy (non-hydrogen) atoms. The highest BCUT2D eigenvalue weighted by Gasteiger charge is 2.22. The second-order valence-corrected chi connectivity index (χ2v) is 5.98. The van der Waals surface area contributed by atoms with Crippen LogP contribution in [0.5, 0.6) is 0 Å². The molecule has 0 bridgehead atoms. The number of benzene rings is 1. The summed E-state index contributed by atoms with van der Waals surface area (Å²) in [4.78, 5) is 16.0. The van der Waals surface area contributed by atoms with E-state index in [1.54, 1.807) is 16.2 Å². The average Bonchev–Trinajstić information content (AvgIpc) is 2.87. The Hall–Kier alpha value is -2.19. The molecule has 4 rings (SSSR count). The highest BCUT2D eigenvalue weighted by molar-refractivity contribution is 7.98. The van der Waals surface area contributed by atoms with Gasteiger partial charge in [-0.05, 0) is 29.9 Å². The Morgan fingerprint density at radius 3 is 3.00 bits per heavy atom. The molecule has 98 valence electrons. The zero-order valence-corrected chi connectivity index (χ0v) is 11.5. The summed E-state index contributed by atoms with van der Waals surface area (Å²) in [6.07, 6.45) is 0.796. The van der Waals surface area contributed by atoms with Crippen molar-refractivity contribution in [3.05, 3.63) is 51.3 Å². The summed E-state index contributed by atoms with van der Waals surface area (Å²) < 4.78 is 1.65. The third-order valence-corrected chi connectivity index (χ3v) is 4.83. The van der Waals surface area contributed by atoms with Gasteiger partial charge >= 0.3 is 0 Å². The fourth-order valence-electron chi connectivity index (χ4n) is 2.91. The van der Waals surface area contributed by atoms with Crippen molar-refractivity contribution in [3.63, 3.8) is 0 Å². The maximum Gasteiger partial charge on any atom is 0.261 e. The second-order valence-electron chi connectivity index (χ2n) is 4.88. The van der Waals surface area contributed by atoms with Crippen molar-refractivity contribution in [2.45, 2.75) is 12.2 Å². The smallest absolute Gasteiger partial charge is 0.261 e. The summed E-state index contributed by atoms with van der Waals surface area (Å²) in [5.41, 5.74) is 4.71. The van der Waals surface area contributed by atoms with Crippen LogP contribution in [0.1, 0.15) is 16.7 Å². The number of hydrogen-bond donors (Lipinski definition) is 1. The van der Waals surface area contributed by atoms with Crippen LogP contribution in [0.3, 0.4) is 0 Å². The van der Waals surface area contributed by atoms with Crippen LogP contribution in [0.4, 0.5) is 0 Å². The first-order valence-corrected chi connectivity index (χ1v) is 7.62. The molecule has 3 heterocycles. The van der Waals surface area contributed by atoms with Crippen molar-refractivity contribution in [2.75, 3.05) is 5.75 Å². The Labute approximate surface area is 119 Å². The van der Waals surface area contributed by atoms with Crippen molar-refractivity contribution in [3.8, 4) is 6.07 Å². The van der Waals surface area contributed by atoms with Crippen LogP contribution in [0, 0.1) is 11.3 Å². The molecule has 1 aromatic carbocycles. The maximum atomic E-state index is 12.7. The van der Waals surface area contributed by atoms with E-state index in [0.29, 0.717) is 17.0 Å². The molecular formula is C15H11N3OS. The number of rotatable bonds is 0. The van der Waals surface area contributed by atoms with Gasteiger partial charge in [-0.25, -0.2) is 0 Å². The summed E-state index contributed by atoms with van der Waals surface area (Å²) in [6.45, 7) is 0. The number of hydrogen-bond acceptors (Lipinski definition) is 3. The zero-order valence-electron chi connectivity index (χ0n) is 10.6. The van der Waals surface area contributed by atoms with Crippen LogP contribution in [0.2, 0.25) is 0 Å². The van der Waals surface area contributed by atoms with Gasteiger partial charge in [0, 0.05) is 11.3 Å². The number of nitrogens with one attached hydrogen (secondary N) is 1.